The molecule has 0 aliphatic carbocycles. The Kier molecular flexibility index (Phi) is 3.87. The van der Waals surface area contributed by atoms with Gasteiger partial charge in [-0.05, 0) is 39.0 Å². The summed E-state index contributed by atoms with van der Waals surface area (Å²) in [6.45, 7) is 6.03. The van der Waals surface area contributed by atoms with Gasteiger partial charge >= 0.3 is 0 Å². The van der Waals surface area contributed by atoms with Crippen LogP contribution in [0.4, 0.5) is 5.95 Å². The van der Waals surface area contributed by atoms with Gasteiger partial charge in [-0.15, -0.1) is 0 Å². The van der Waals surface area contributed by atoms with E-state index in [9.17, 15) is 0 Å². The van der Waals surface area contributed by atoms with Gasteiger partial charge in [0.2, 0.25) is 5.95 Å². The first-order valence-corrected chi connectivity index (χ1v) is 7.24. The summed E-state index contributed by atoms with van der Waals surface area (Å²) in [6.07, 6.45) is 5.24. The summed E-state index contributed by atoms with van der Waals surface area (Å²) in [4.78, 5) is 13.5. The van der Waals surface area contributed by atoms with Crippen molar-refractivity contribution in [2.45, 2.75) is 26.8 Å². The molecule has 0 saturated heterocycles. The standard InChI is InChI=1S/C17H18N4O/c1-11(2)20-17-19-10-14(15-6-4-5-8-18-15)16(21-17)13-7-9-22-12(13)3/h4-11H,1-3H3,(H,19,20,21). The van der Waals surface area contributed by atoms with Crippen LogP contribution in [0.1, 0.15) is 19.6 Å². The Morgan fingerprint density at radius 1 is 1.09 bits per heavy atom. The minimum atomic E-state index is 0.263. The first kappa shape index (κ1) is 14.3. The van der Waals surface area contributed by atoms with Crippen LogP contribution in [-0.2, 0) is 0 Å². The summed E-state index contributed by atoms with van der Waals surface area (Å²) in [7, 11) is 0. The highest BCUT2D eigenvalue weighted by Crippen LogP contribution is 2.32. The summed E-state index contributed by atoms with van der Waals surface area (Å²) in [5.74, 6) is 1.43. The van der Waals surface area contributed by atoms with Crippen molar-refractivity contribution < 1.29 is 4.42 Å². The number of hydrogen-bond donors (Lipinski definition) is 1. The summed E-state index contributed by atoms with van der Waals surface area (Å²) in [5.41, 5.74) is 3.51. The Bertz CT molecular complexity index is 765. The predicted molar refractivity (Wildman–Crippen MR) is 86.5 cm³/mol. The zero-order chi connectivity index (χ0) is 15.5. The highest BCUT2D eigenvalue weighted by Gasteiger charge is 2.16. The van der Waals surface area contributed by atoms with E-state index in [1.807, 2.05) is 37.4 Å². The third-order valence-corrected chi connectivity index (χ3v) is 3.26. The minimum absolute atomic E-state index is 0.263. The van der Waals surface area contributed by atoms with Gasteiger partial charge in [0.25, 0.3) is 0 Å². The van der Waals surface area contributed by atoms with Crippen molar-refractivity contribution in [3.05, 3.63) is 48.7 Å². The van der Waals surface area contributed by atoms with Gasteiger partial charge in [0, 0.05) is 29.6 Å². The number of hydrogen-bond acceptors (Lipinski definition) is 5. The topological polar surface area (TPSA) is 63.8 Å². The molecule has 3 rings (SSSR count). The first-order valence-electron chi connectivity index (χ1n) is 7.24. The van der Waals surface area contributed by atoms with Crippen LogP contribution in [0, 0.1) is 6.92 Å². The molecule has 1 N–H and O–H groups in total. The molecule has 0 aliphatic heterocycles. The zero-order valence-corrected chi connectivity index (χ0v) is 12.9. The fourth-order valence-corrected chi connectivity index (χ4v) is 2.26. The van der Waals surface area contributed by atoms with Crippen molar-refractivity contribution in [2.24, 2.45) is 0 Å². The molecule has 0 spiro atoms. The number of aryl methyl sites for hydroxylation is 1. The van der Waals surface area contributed by atoms with Crippen LogP contribution >= 0.6 is 0 Å². The highest BCUT2D eigenvalue weighted by atomic mass is 16.3. The van der Waals surface area contributed by atoms with E-state index in [1.165, 1.54) is 0 Å². The Hall–Kier alpha value is -2.69. The van der Waals surface area contributed by atoms with Gasteiger partial charge in [-0.1, -0.05) is 6.07 Å². The molecular formula is C17H18N4O. The number of furan rings is 1. The predicted octanol–water partition coefficient (Wildman–Crippen LogP) is 3.93. The number of nitrogens with one attached hydrogen (secondary N) is 1. The quantitative estimate of drug-likeness (QED) is 0.790. The number of pyridine rings is 1. The second kappa shape index (κ2) is 5.97. The average molecular weight is 294 g/mol. The molecule has 22 heavy (non-hydrogen) atoms. The molecule has 5 nitrogen and oxygen atoms in total. The fraction of sp³-hybridized carbons (Fsp3) is 0.235. The van der Waals surface area contributed by atoms with Gasteiger partial charge in [-0.3, -0.25) is 4.98 Å². The van der Waals surface area contributed by atoms with E-state index in [0.717, 1.165) is 28.3 Å². The Labute approximate surface area is 129 Å². The average Bonchev–Trinajstić information content (AvgIpc) is 2.93. The van der Waals surface area contributed by atoms with Crippen molar-refractivity contribution in [1.82, 2.24) is 15.0 Å². The molecule has 0 unspecified atom stereocenters. The van der Waals surface area contributed by atoms with E-state index in [1.54, 1.807) is 12.5 Å². The van der Waals surface area contributed by atoms with Crippen LogP contribution in [-0.4, -0.2) is 21.0 Å². The molecule has 0 fully saturated rings. The van der Waals surface area contributed by atoms with Crippen molar-refractivity contribution >= 4 is 5.95 Å². The van der Waals surface area contributed by atoms with Gasteiger partial charge in [-0.2, -0.15) is 0 Å². The number of rotatable bonds is 4. The molecule has 0 saturated carbocycles. The van der Waals surface area contributed by atoms with E-state index in [2.05, 4.69) is 34.1 Å². The van der Waals surface area contributed by atoms with Crippen molar-refractivity contribution in [3.8, 4) is 22.5 Å². The molecule has 0 aliphatic rings. The van der Waals surface area contributed by atoms with E-state index < -0.39 is 0 Å². The molecule has 3 aromatic heterocycles. The largest absolute Gasteiger partial charge is 0.469 e. The minimum Gasteiger partial charge on any atom is -0.469 e. The van der Waals surface area contributed by atoms with Crippen LogP contribution < -0.4 is 5.32 Å². The smallest absolute Gasteiger partial charge is 0.223 e. The van der Waals surface area contributed by atoms with Gasteiger partial charge < -0.3 is 9.73 Å². The summed E-state index contributed by atoms with van der Waals surface area (Å²) < 4.78 is 5.43. The number of nitrogens with zero attached hydrogens (tertiary/aromatic N) is 3. The molecule has 0 aromatic carbocycles. The summed E-state index contributed by atoms with van der Waals surface area (Å²) >= 11 is 0. The van der Waals surface area contributed by atoms with E-state index in [-0.39, 0.29) is 6.04 Å². The monoisotopic (exact) mass is 294 g/mol. The normalized spacial score (nSPS) is 10.9. The van der Waals surface area contributed by atoms with Crippen molar-refractivity contribution in [2.75, 3.05) is 5.32 Å². The van der Waals surface area contributed by atoms with E-state index in [4.69, 9.17) is 4.42 Å². The molecule has 3 heterocycles. The Morgan fingerprint density at radius 2 is 1.95 bits per heavy atom. The second-order valence-electron chi connectivity index (χ2n) is 5.36. The number of aromatic nitrogens is 3. The SMILES string of the molecule is Cc1occc1-c1nc(NC(C)C)ncc1-c1ccccn1. The molecule has 5 heteroatoms. The lowest BCUT2D eigenvalue weighted by Crippen LogP contribution is -2.13. The van der Waals surface area contributed by atoms with Crippen LogP contribution in [0.25, 0.3) is 22.5 Å². The number of anilines is 1. The van der Waals surface area contributed by atoms with Gasteiger partial charge in [0.1, 0.15) is 5.76 Å². The summed E-state index contributed by atoms with van der Waals surface area (Å²) in [5, 5.41) is 3.23. The molecule has 0 bridgehead atoms. The lowest BCUT2D eigenvalue weighted by Gasteiger charge is -2.12. The molecule has 0 amide bonds. The first-order chi connectivity index (χ1) is 10.6. The molecule has 0 atom stereocenters. The Morgan fingerprint density at radius 3 is 2.59 bits per heavy atom. The lowest BCUT2D eigenvalue weighted by molar-refractivity contribution is 0.535. The Balaban J connectivity index is 2.16. The fourth-order valence-electron chi connectivity index (χ4n) is 2.26. The van der Waals surface area contributed by atoms with Gasteiger partial charge in [0.05, 0.1) is 17.7 Å². The van der Waals surface area contributed by atoms with Crippen LogP contribution in [0.2, 0.25) is 0 Å². The van der Waals surface area contributed by atoms with Crippen LogP contribution in [0.5, 0.6) is 0 Å². The van der Waals surface area contributed by atoms with Crippen molar-refractivity contribution in [1.29, 1.82) is 0 Å². The van der Waals surface area contributed by atoms with Crippen LogP contribution in [0.15, 0.2) is 47.3 Å². The third-order valence-electron chi connectivity index (χ3n) is 3.26. The van der Waals surface area contributed by atoms with Gasteiger partial charge in [0.15, 0.2) is 0 Å². The molecule has 112 valence electrons. The second-order valence-corrected chi connectivity index (χ2v) is 5.36. The molecule has 0 radical (unpaired) electrons. The highest BCUT2D eigenvalue weighted by molar-refractivity contribution is 5.79. The lowest BCUT2D eigenvalue weighted by atomic mass is 10.1. The maximum atomic E-state index is 5.43. The third kappa shape index (κ3) is 2.83. The van der Waals surface area contributed by atoms with Crippen LogP contribution in [0.3, 0.4) is 0 Å². The maximum Gasteiger partial charge on any atom is 0.223 e. The zero-order valence-electron chi connectivity index (χ0n) is 12.9. The molecular weight excluding hydrogens is 276 g/mol. The van der Waals surface area contributed by atoms with E-state index in [0.29, 0.717) is 5.95 Å². The maximum absolute atomic E-state index is 5.43. The van der Waals surface area contributed by atoms with Crippen molar-refractivity contribution in [3.63, 3.8) is 0 Å². The van der Waals surface area contributed by atoms with E-state index >= 15 is 0 Å². The molecule has 3 aromatic rings. The summed E-state index contributed by atoms with van der Waals surface area (Å²) in [6, 6.07) is 7.98. The van der Waals surface area contributed by atoms with Gasteiger partial charge in [-0.25, -0.2) is 9.97 Å².